The third kappa shape index (κ3) is 9.64. The number of benzene rings is 3. The van der Waals surface area contributed by atoms with Crippen LogP contribution in [0.15, 0.2) is 66.7 Å². The van der Waals surface area contributed by atoms with E-state index < -0.39 is 33.6 Å². The second-order valence-electron chi connectivity index (χ2n) is 10.3. The Hall–Kier alpha value is -3.21. The molecule has 1 N–H and O–H groups in total. The zero-order chi connectivity index (χ0) is 31.7. The molecule has 0 saturated heterocycles. The maximum Gasteiger partial charge on any atom is 0.243 e. The number of nitrogens with zero attached hydrogens (tertiary/aromatic N) is 2. The summed E-state index contributed by atoms with van der Waals surface area (Å²) in [6.45, 7) is 3.55. The van der Waals surface area contributed by atoms with Crippen molar-refractivity contribution in [3.05, 3.63) is 99.5 Å². The smallest absolute Gasteiger partial charge is 0.243 e. The van der Waals surface area contributed by atoms with Crippen molar-refractivity contribution in [2.45, 2.75) is 58.2 Å². The molecule has 3 rings (SSSR count). The summed E-state index contributed by atoms with van der Waals surface area (Å²) in [5.41, 5.74) is 1.23. The summed E-state index contributed by atoms with van der Waals surface area (Å²) < 4.78 is 53.3. The van der Waals surface area contributed by atoms with E-state index in [-0.39, 0.29) is 50.0 Å². The zero-order valence-electron chi connectivity index (χ0n) is 24.2. The predicted molar refractivity (Wildman–Crippen MR) is 167 cm³/mol. The Labute approximate surface area is 261 Å². The lowest BCUT2D eigenvalue weighted by Crippen LogP contribution is -2.52. The van der Waals surface area contributed by atoms with Gasteiger partial charge in [-0.1, -0.05) is 66.5 Å². The molecule has 0 radical (unpaired) electrons. The molecule has 12 heteroatoms. The molecule has 3 aromatic carbocycles. The average molecular weight is 655 g/mol. The molecule has 43 heavy (non-hydrogen) atoms. The van der Waals surface area contributed by atoms with Crippen molar-refractivity contribution in [3.8, 4) is 0 Å². The Morgan fingerprint density at radius 2 is 1.60 bits per heavy atom. The minimum atomic E-state index is -3.89. The number of amides is 2. The van der Waals surface area contributed by atoms with E-state index in [4.69, 9.17) is 23.2 Å². The van der Waals surface area contributed by atoms with Gasteiger partial charge in [-0.15, -0.1) is 0 Å². The van der Waals surface area contributed by atoms with Gasteiger partial charge in [-0.25, -0.2) is 17.2 Å². The second-order valence-corrected chi connectivity index (χ2v) is 13.0. The van der Waals surface area contributed by atoms with Gasteiger partial charge in [0.1, 0.15) is 6.04 Å². The van der Waals surface area contributed by atoms with Crippen LogP contribution in [0, 0.1) is 11.6 Å². The SMILES string of the molecule is CC[C@H](C)NC(=O)[C@H](Cc1ccccc1)N(Cc1c(Cl)cccc1Cl)C(=O)CCCN(c1ccc(F)c(F)c1)S(C)(=O)=O. The summed E-state index contributed by atoms with van der Waals surface area (Å²) in [5, 5.41) is 3.63. The number of hydrogen-bond acceptors (Lipinski definition) is 4. The Kier molecular flexibility index (Phi) is 12.4. The van der Waals surface area contributed by atoms with E-state index in [1.54, 1.807) is 18.2 Å². The molecule has 0 aliphatic rings. The highest BCUT2D eigenvalue weighted by molar-refractivity contribution is 7.92. The molecular formula is C31H35Cl2F2N3O4S. The van der Waals surface area contributed by atoms with Gasteiger partial charge in [-0.2, -0.15) is 0 Å². The topological polar surface area (TPSA) is 86.8 Å². The van der Waals surface area contributed by atoms with E-state index in [0.717, 1.165) is 34.3 Å². The number of halogens is 4. The fourth-order valence-electron chi connectivity index (χ4n) is 4.49. The summed E-state index contributed by atoms with van der Waals surface area (Å²) >= 11 is 12.9. The van der Waals surface area contributed by atoms with Crippen molar-refractivity contribution < 1.29 is 26.8 Å². The van der Waals surface area contributed by atoms with E-state index in [1.165, 1.54) is 4.90 Å². The molecule has 0 heterocycles. The number of anilines is 1. The Morgan fingerprint density at radius 3 is 2.19 bits per heavy atom. The molecule has 0 bridgehead atoms. The lowest BCUT2D eigenvalue weighted by atomic mass is 10.0. The first-order valence-electron chi connectivity index (χ1n) is 13.8. The van der Waals surface area contributed by atoms with Crippen LogP contribution in [-0.2, 0) is 32.6 Å². The third-order valence-corrected chi connectivity index (χ3v) is 8.91. The molecule has 232 valence electrons. The number of hydrogen-bond donors (Lipinski definition) is 1. The van der Waals surface area contributed by atoms with Gasteiger partial charge in [0.2, 0.25) is 21.8 Å². The Bertz CT molecular complexity index is 1510. The van der Waals surface area contributed by atoms with Crippen LogP contribution in [0.3, 0.4) is 0 Å². The molecule has 0 spiro atoms. The van der Waals surface area contributed by atoms with Crippen LogP contribution < -0.4 is 9.62 Å². The number of nitrogens with one attached hydrogen (secondary N) is 1. The van der Waals surface area contributed by atoms with Crippen LogP contribution in [-0.4, -0.2) is 50.0 Å². The van der Waals surface area contributed by atoms with Gasteiger partial charge in [-0.05, 0) is 49.6 Å². The molecule has 0 aliphatic carbocycles. The molecule has 0 fully saturated rings. The molecular weight excluding hydrogens is 619 g/mol. The molecule has 0 saturated carbocycles. The lowest BCUT2D eigenvalue weighted by molar-refractivity contribution is -0.141. The van der Waals surface area contributed by atoms with Crippen molar-refractivity contribution in [3.63, 3.8) is 0 Å². The van der Waals surface area contributed by atoms with Gasteiger partial charge in [0, 0.05) is 53.6 Å². The van der Waals surface area contributed by atoms with E-state index in [9.17, 15) is 26.8 Å². The van der Waals surface area contributed by atoms with Gasteiger partial charge in [0.05, 0.1) is 11.9 Å². The van der Waals surface area contributed by atoms with E-state index in [2.05, 4.69) is 5.32 Å². The summed E-state index contributed by atoms with van der Waals surface area (Å²) in [7, 11) is -3.89. The molecule has 7 nitrogen and oxygen atoms in total. The summed E-state index contributed by atoms with van der Waals surface area (Å²) in [6.07, 6.45) is 1.71. The van der Waals surface area contributed by atoms with Gasteiger partial charge in [0.15, 0.2) is 11.6 Å². The highest BCUT2D eigenvalue weighted by atomic mass is 35.5. The van der Waals surface area contributed by atoms with Crippen LogP contribution in [0.5, 0.6) is 0 Å². The third-order valence-electron chi connectivity index (χ3n) is 7.01. The van der Waals surface area contributed by atoms with Crippen molar-refractivity contribution in [2.24, 2.45) is 0 Å². The standard InChI is InChI=1S/C31H35Cl2F2N3O4S/c1-4-21(2)36-31(40)29(18-22-10-6-5-7-11-22)37(20-24-25(32)12-8-13-26(24)33)30(39)14-9-17-38(43(3,41)42)23-15-16-27(34)28(35)19-23/h5-8,10-13,15-16,19,21,29H,4,9,14,17-18,20H2,1-3H3,(H,36,40)/t21-,29-/m0/s1. The van der Waals surface area contributed by atoms with Crippen LogP contribution in [0.1, 0.15) is 44.2 Å². The summed E-state index contributed by atoms with van der Waals surface area (Å²) in [5.74, 6) is -3.09. The van der Waals surface area contributed by atoms with Crippen LogP contribution in [0.2, 0.25) is 10.0 Å². The number of carbonyl (C=O) groups excluding carboxylic acids is 2. The number of rotatable bonds is 14. The second kappa shape index (κ2) is 15.5. The Morgan fingerprint density at radius 1 is 0.953 bits per heavy atom. The van der Waals surface area contributed by atoms with Crippen molar-refractivity contribution in [1.82, 2.24) is 10.2 Å². The van der Waals surface area contributed by atoms with Gasteiger partial charge in [-0.3, -0.25) is 13.9 Å². The minimum Gasteiger partial charge on any atom is -0.352 e. The predicted octanol–water partition coefficient (Wildman–Crippen LogP) is 6.37. The molecule has 2 amide bonds. The quantitative estimate of drug-likeness (QED) is 0.219. The number of carbonyl (C=O) groups is 2. The summed E-state index contributed by atoms with van der Waals surface area (Å²) in [4.78, 5) is 29.0. The first-order chi connectivity index (χ1) is 20.3. The normalized spacial score (nSPS) is 12.8. The Balaban J connectivity index is 1.94. The van der Waals surface area contributed by atoms with Crippen LogP contribution >= 0.6 is 23.2 Å². The fraction of sp³-hybridized carbons (Fsp3) is 0.355. The molecule has 0 aromatic heterocycles. The molecule has 0 aliphatic heterocycles. The van der Waals surface area contributed by atoms with Crippen molar-refractivity contribution >= 4 is 50.7 Å². The van der Waals surface area contributed by atoms with Crippen molar-refractivity contribution in [2.75, 3.05) is 17.1 Å². The monoisotopic (exact) mass is 653 g/mol. The fourth-order valence-corrected chi connectivity index (χ4v) is 5.97. The van der Waals surface area contributed by atoms with Gasteiger partial charge >= 0.3 is 0 Å². The summed E-state index contributed by atoms with van der Waals surface area (Å²) in [6, 6.07) is 15.9. The van der Waals surface area contributed by atoms with E-state index in [1.807, 2.05) is 44.2 Å². The average Bonchev–Trinajstić information content (AvgIpc) is 2.95. The van der Waals surface area contributed by atoms with E-state index in [0.29, 0.717) is 22.0 Å². The van der Waals surface area contributed by atoms with Gasteiger partial charge in [0.25, 0.3) is 0 Å². The lowest BCUT2D eigenvalue weighted by Gasteiger charge is -2.33. The van der Waals surface area contributed by atoms with Crippen LogP contribution in [0.4, 0.5) is 14.5 Å². The highest BCUT2D eigenvalue weighted by Gasteiger charge is 2.32. The highest BCUT2D eigenvalue weighted by Crippen LogP contribution is 2.28. The van der Waals surface area contributed by atoms with Crippen molar-refractivity contribution in [1.29, 1.82) is 0 Å². The first kappa shape index (κ1) is 34.3. The molecule has 3 aromatic rings. The minimum absolute atomic E-state index is 0.0304. The zero-order valence-corrected chi connectivity index (χ0v) is 26.5. The maximum absolute atomic E-state index is 13.9. The van der Waals surface area contributed by atoms with E-state index >= 15 is 0 Å². The number of sulfonamides is 1. The van der Waals surface area contributed by atoms with Crippen LogP contribution in [0.25, 0.3) is 0 Å². The largest absolute Gasteiger partial charge is 0.352 e. The molecule has 2 atom stereocenters. The maximum atomic E-state index is 13.9. The molecule has 0 unspecified atom stereocenters. The first-order valence-corrected chi connectivity index (χ1v) is 16.4. The van der Waals surface area contributed by atoms with Gasteiger partial charge < -0.3 is 10.2 Å².